The molecule has 0 bridgehead atoms. The highest BCUT2D eigenvalue weighted by molar-refractivity contribution is 7.98. The summed E-state index contributed by atoms with van der Waals surface area (Å²) in [6.07, 6.45) is 4.24. The van der Waals surface area contributed by atoms with E-state index in [1.165, 1.54) is 0 Å². The van der Waals surface area contributed by atoms with Crippen molar-refractivity contribution in [3.63, 3.8) is 0 Å². The summed E-state index contributed by atoms with van der Waals surface area (Å²) in [6.45, 7) is 4.37. The predicted octanol–water partition coefficient (Wildman–Crippen LogP) is 3.51. The third-order valence-corrected chi connectivity index (χ3v) is 3.34. The van der Waals surface area contributed by atoms with E-state index in [-0.39, 0.29) is 0 Å². The molecule has 1 aromatic rings. The average molecular weight is 264 g/mol. The fraction of sp³-hybridized carbons (Fsp3) is 0.500. The molecule has 0 heterocycles. The van der Waals surface area contributed by atoms with Crippen LogP contribution in [0.2, 0.25) is 0 Å². The number of hydrogen-bond donors (Lipinski definition) is 1. The van der Waals surface area contributed by atoms with Gasteiger partial charge in [-0.25, -0.2) is 0 Å². The maximum absolute atomic E-state index is 9.17. The molecule has 0 spiro atoms. The van der Waals surface area contributed by atoms with Crippen LogP contribution in [0.4, 0.5) is 5.69 Å². The SMILES string of the molecule is CCCCOCCNc1cccc(SC)c1C#N. The third-order valence-electron chi connectivity index (χ3n) is 2.56. The molecule has 0 radical (unpaired) electrons. The molecule has 4 heteroatoms. The summed E-state index contributed by atoms with van der Waals surface area (Å²) >= 11 is 1.59. The Morgan fingerprint density at radius 3 is 2.89 bits per heavy atom. The largest absolute Gasteiger partial charge is 0.382 e. The topological polar surface area (TPSA) is 45.0 Å². The number of hydrogen-bond acceptors (Lipinski definition) is 4. The molecule has 0 fully saturated rings. The summed E-state index contributed by atoms with van der Waals surface area (Å²) in [5.41, 5.74) is 1.61. The van der Waals surface area contributed by atoms with Crippen LogP contribution < -0.4 is 5.32 Å². The van der Waals surface area contributed by atoms with Crippen LogP contribution in [0.25, 0.3) is 0 Å². The minimum Gasteiger partial charge on any atom is -0.382 e. The van der Waals surface area contributed by atoms with E-state index in [1.807, 2.05) is 24.5 Å². The zero-order valence-electron chi connectivity index (χ0n) is 11.0. The number of benzene rings is 1. The molecule has 18 heavy (non-hydrogen) atoms. The molecular formula is C14H20N2OS. The number of nitrogens with one attached hydrogen (secondary N) is 1. The fourth-order valence-corrected chi connectivity index (χ4v) is 2.14. The second-order valence-corrected chi connectivity index (χ2v) is 4.74. The average Bonchev–Trinajstić information content (AvgIpc) is 2.42. The van der Waals surface area contributed by atoms with Crippen molar-refractivity contribution in [3.8, 4) is 6.07 Å². The maximum Gasteiger partial charge on any atom is 0.102 e. The van der Waals surface area contributed by atoms with E-state index in [0.29, 0.717) is 6.61 Å². The highest BCUT2D eigenvalue weighted by Gasteiger charge is 2.06. The number of unbranched alkanes of at least 4 members (excludes halogenated alkanes) is 1. The second kappa shape index (κ2) is 8.84. The van der Waals surface area contributed by atoms with Crippen LogP contribution >= 0.6 is 11.8 Å². The van der Waals surface area contributed by atoms with E-state index in [4.69, 9.17) is 10.00 Å². The van der Waals surface area contributed by atoms with Gasteiger partial charge in [0, 0.05) is 18.0 Å². The van der Waals surface area contributed by atoms with Crippen molar-refractivity contribution in [2.75, 3.05) is 31.3 Å². The zero-order chi connectivity index (χ0) is 13.2. The number of nitriles is 1. The molecule has 0 aliphatic rings. The van der Waals surface area contributed by atoms with Gasteiger partial charge in [0.25, 0.3) is 0 Å². The highest BCUT2D eigenvalue weighted by atomic mass is 32.2. The maximum atomic E-state index is 9.17. The molecule has 0 amide bonds. The standard InChI is InChI=1S/C14H20N2OS/c1-3-4-9-17-10-8-16-13-6-5-7-14(18-2)12(13)11-15/h5-7,16H,3-4,8-10H2,1-2H3. The van der Waals surface area contributed by atoms with Crippen LogP contribution in [0.3, 0.4) is 0 Å². The first-order valence-electron chi connectivity index (χ1n) is 6.22. The van der Waals surface area contributed by atoms with Crippen molar-refractivity contribution < 1.29 is 4.74 Å². The summed E-state index contributed by atoms with van der Waals surface area (Å²) in [4.78, 5) is 1.01. The van der Waals surface area contributed by atoms with Crippen LogP contribution in [0.5, 0.6) is 0 Å². The molecule has 0 atom stereocenters. The third kappa shape index (κ3) is 4.59. The Morgan fingerprint density at radius 2 is 2.22 bits per heavy atom. The molecular weight excluding hydrogens is 244 g/mol. The van der Waals surface area contributed by atoms with Gasteiger partial charge in [0.15, 0.2) is 0 Å². The molecule has 0 saturated carbocycles. The van der Waals surface area contributed by atoms with Gasteiger partial charge < -0.3 is 10.1 Å². The Labute approximate surface area is 114 Å². The molecule has 0 unspecified atom stereocenters. The zero-order valence-corrected chi connectivity index (χ0v) is 11.8. The first kappa shape index (κ1) is 14.9. The predicted molar refractivity (Wildman–Crippen MR) is 77.2 cm³/mol. The number of ether oxygens (including phenoxy) is 1. The van der Waals surface area contributed by atoms with Crippen molar-refractivity contribution in [1.82, 2.24) is 0 Å². The lowest BCUT2D eigenvalue weighted by Gasteiger charge is -2.10. The molecule has 0 aromatic heterocycles. The van der Waals surface area contributed by atoms with Crippen LogP contribution in [0, 0.1) is 11.3 Å². The lowest BCUT2D eigenvalue weighted by Crippen LogP contribution is -2.11. The smallest absolute Gasteiger partial charge is 0.102 e. The summed E-state index contributed by atoms with van der Waals surface area (Å²) in [6, 6.07) is 8.12. The van der Waals surface area contributed by atoms with Gasteiger partial charge in [0.1, 0.15) is 6.07 Å². The van der Waals surface area contributed by atoms with Crippen molar-refractivity contribution in [1.29, 1.82) is 5.26 Å². The monoisotopic (exact) mass is 264 g/mol. The molecule has 1 N–H and O–H groups in total. The van der Waals surface area contributed by atoms with Crippen molar-refractivity contribution in [3.05, 3.63) is 23.8 Å². The molecule has 1 aromatic carbocycles. The molecule has 0 aliphatic carbocycles. The van der Waals surface area contributed by atoms with Gasteiger partial charge in [-0.15, -0.1) is 11.8 Å². The molecule has 1 rings (SSSR count). The van der Waals surface area contributed by atoms with E-state index < -0.39 is 0 Å². The van der Waals surface area contributed by atoms with Gasteiger partial charge in [-0.1, -0.05) is 19.4 Å². The van der Waals surface area contributed by atoms with E-state index >= 15 is 0 Å². The highest BCUT2D eigenvalue weighted by Crippen LogP contribution is 2.25. The van der Waals surface area contributed by atoms with E-state index in [0.717, 1.165) is 42.1 Å². The van der Waals surface area contributed by atoms with Crippen LogP contribution in [-0.2, 0) is 4.74 Å². The summed E-state index contributed by atoms with van der Waals surface area (Å²) in [7, 11) is 0. The van der Waals surface area contributed by atoms with Crippen LogP contribution in [0.15, 0.2) is 23.1 Å². The van der Waals surface area contributed by atoms with Crippen LogP contribution in [0.1, 0.15) is 25.3 Å². The molecule has 3 nitrogen and oxygen atoms in total. The van der Waals surface area contributed by atoms with Gasteiger partial charge in [0.05, 0.1) is 17.9 Å². The number of anilines is 1. The quantitative estimate of drug-likeness (QED) is 0.576. The summed E-state index contributed by atoms with van der Waals surface area (Å²) in [5.74, 6) is 0. The number of rotatable bonds is 8. The first-order chi connectivity index (χ1) is 8.83. The Morgan fingerprint density at radius 1 is 1.39 bits per heavy atom. The van der Waals surface area contributed by atoms with Gasteiger partial charge >= 0.3 is 0 Å². The minimum atomic E-state index is 0.675. The second-order valence-electron chi connectivity index (χ2n) is 3.89. The normalized spacial score (nSPS) is 10.1. The summed E-state index contributed by atoms with van der Waals surface area (Å²) < 4.78 is 5.48. The van der Waals surface area contributed by atoms with Crippen LogP contribution in [-0.4, -0.2) is 26.0 Å². The van der Waals surface area contributed by atoms with E-state index in [9.17, 15) is 0 Å². The lowest BCUT2D eigenvalue weighted by molar-refractivity contribution is 0.141. The number of nitrogens with zero attached hydrogens (tertiary/aromatic N) is 1. The fourth-order valence-electron chi connectivity index (χ4n) is 1.57. The van der Waals surface area contributed by atoms with Crippen molar-refractivity contribution >= 4 is 17.4 Å². The van der Waals surface area contributed by atoms with Gasteiger partial charge in [-0.05, 0) is 24.8 Å². The molecule has 0 aliphatic heterocycles. The van der Waals surface area contributed by atoms with Gasteiger partial charge in [0.2, 0.25) is 0 Å². The minimum absolute atomic E-state index is 0.675. The summed E-state index contributed by atoms with van der Waals surface area (Å²) in [5, 5.41) is 12.4. The molecule has 98 valence electrons. The number of thioether (sulfide) groups is 1. The first-order valence-corrected chi connectivity index (χ1v) is 7.44. The van der Waals surface area contributed by atoms with E-state index in [2.05, 4.69) is 18.3 Å². The van der Waals surface area contributed by atoms with E-state index in [1.54, 1.807) is 11.8 Å². The lowest BCUT2D eigenvalue weighted by atomic mass is 10.2. The van der Waals surface area contributed by atoms with Crippen molar-refractivity contribution in [2.45, 2.75) is 24.7 Å². The molecule has 0 saturated heterocycles. The Balaban J connectivity index is 2.45. The van der Waals surface area contributed by atoms with Gasteiger partial charge in [-0.2, -0.15) is 5.26 Å². The Hall–Kier alpha value is -1.18. The Bertz CT molecular complexity index is 401. The van der Waals surface area contributed by atoms with Crippen molar-refractivity contribution in [2.24, 2.45) is 0 Å². The van der Waals surface area contributed by atoms with Gasteiger partial charge in [-0.3, -0.25) is 0 Å². The Kier molecular flexibility index (Phi) is 7.31.